The Labute approximate surface area is 80.4 Å². The van der Waals surface area contributed by atoms with Gasteiger partial charge in [-0.05, 0) is 33.1 Å². The van der Waals surface area contributed by atoms with E-state index in [0.29, 0.717) is 6.04 Å². The van der Waals surface area contributed by atoms with E-state index in [9.17, 15) is 0 Å². The lowest BCUT2D eigenvalue weighted by molar-refractivity contribution is 0.234. The lowest BCUT2D eigenvalue weighted by Gasteiger charge is -2.24. The molecule has 0 atom stereocenters. The van der Waals surface area contributed by atoms with Gasteiger partial charge in [-0.1, -0.05) is 11.9 Å². The molecule has 0 aliphatic carbocycles. The summed E-state index contributed by atoms with van der Waals surface area (Å²) in [6.07, 6.45) is 3.49. The molecule has 0 N–H and O–H groups in total. The largest absolute Gasteiger partial charge is 0.300 e. The van der Waals surface area contributed by atoms with Crippen LogP contribution in [-0.2, 0) is 0 Å². The molecule has 1 aliphatic heterocycles. The molecular weight excluding hydrogens is 168 g/mol. The van der Waals surface area contributed by atoms with E-state index in [0.717, 1.165) is 0 Å². The van der Waals surface area contributed by atoms with Crippen molar-refractivity contribution in [3.05, 3.63) is 0 Å². The Bertz CT molecular complexity index is 128. The van der Waals surface area contributed by atoms with Crippen LogP contribution in [0.25, 0.3) is 0 Å². The van der Waals surface area contributed by atoms with Crippen LogP contribution in [0.5, 0.6) is 0 Å². The molecular formula is C9H20N2S. The molecule has 2 nitrogen and oxygen atoms in total. The van der Waals surface area contributed by atoms with Crippen LogP contribution >= 0.6 is 11.9 Å². The minimum Gasteiger partial charge on any atom is -0.300 e. The smallest absolute Gasteiger partial charge is 0.0217 e. The molecule has 1 saturated heterocycles. The highest BCUT2D eigenvalue weighted by Gasteiger charge is 2.15. The average molecular weight is 188 g/mol. The molecule has 0 aromatic rings. The SMILES string of the molecule is CSN1CCCN(C(C)C)CC1. The van der Waals surface area contributed by atoms with E-state index in [2.05, 4.69) is 29.3 Å². The van der Waals surface area contributed by atoms with Crippen molar-refractivity contribution in [3.8, 4) is 0 Å². The molecule has 0 bridgehead atoms. The summed E-state index contributed by atoms with van der Waals surface area (Å²) in [7, 11) is 0. The van der Waals surface area contributed by atoms with Gasteiger partial charge < -0.3 is 0 Å². The van der Waals surface area contributed by atoms with Crippen molar-refractivity contribution >= 4 is 11.9 Å². The first-order valence-electron chi connectivity index (χ1n) is 4.77. The fourth-order valence-corrected chi connectivity index (χ4v) is 2.19. The first-order chi connectivity index (χ1) is 5.74. The molecule has 1 fully saturated rings. The van der Waals surface area contributed by atoms with Crippen LogP contribution in [0.1, 0.15) is 20.3 Å². The summed E-state index contributed by atoms with van der Waals surface area (Å²) in [5.74, 6) is 0. The molecule has 0 unspecified atom stereocenters. The summed E-state index contributed by atoms with van der Waals surface area (Å²) < 4.78 is 2.46. The summed E-state index contributed by atoms with van der Waals surface area (Å²) in [5.41, 5.74) is 0. The van der Waals surface area contributed by atoms with Crippen LogP contribution in [0.2, 0.25) is 0 Å². The molecule has 0 amide bonds. The van der Waals surface area contributed by atoms with Crippen LogP contribution in [0, 0.1) is 0 Å². The first kappa shape index (κ1) is 10.4. The zero-order chi connectivity index (χ0) is 8.97. The van der Waals surface area contributed by atoms with Gasteiger partial charge >= 0.3 is 0 Å². The standard InChI is InChI=1S/C9H20N2S/c1-9(2)10-5-4-6-11(12-3)8-7-10/h9H,4-8H2,1-3H3. The third-order valence-electron chi connectivity index (χ3n) is 2.48. The summed E-state index contributed by atoms with van der Waals surface area (Å²) in [4.78, 5) is 2.57. The topological polar surface area (TPSA) is 6.48 Å². The van der Waals surface area contributed by atoms with Crippen molar-refractivity contribution in [2.45, 2.75) is 26.3 Å². The van der Waals surface area contributed by atoms with Crippen molar-refractivity contribution in [1.29, 1.82) is 0 Å². The summed E-state index contributed by atoms with van der Waals surface area (Å²) in [6.45, 7) is 9.56. The van der Waals surface area contributed by atoms with Crippen LogP contribution < -0.4 is 0 Å². The number of nitrogens with zero attached hydrogens (tertiary/aromatic N) is 2. The van der Waals surface area contributed by atoms with Gasteiger partial charge in [0.1, 0.15) is 0 Å². The maximum atomic E-state index is 2.57. The fourth-order valence-electron chi connectivity index (χ4n) is 1.61. The average Bonchev–Trinajstić information content (AvgIpc) is 2.28. The molecule has 0 radical (unpaired) electrons. The van der Waals surface area contributed by atoms with Gasteiger partial charge in [-0.3, -0.25) is 4.90 Å². The Morgan fingerprint density at radius 2 is 1.83 bits per heavy atom. The van der Waals surface area contributed by atoms with E-state index in [1.54, 1.807) is 0 Å². The molecule has 12 heavy (non-hydrogen) atoms. The van der Waals surface area contributed by atoms with Gasteiger partial charge in [-0.15, -0.1) is 0 Å². The van der Waals surface area contributed by atoms with Crippen LogP contribution in [0.15, 0.2) is 0 Å². The monoisotopic (exact) mass is 188 g/mol. The highest BCUT2D eigenvalue weighted by atomic mass is 32.2. The molecule has 1 aliphatic rings. The zero-order valence-electron chi connectivity index (χ0n) is 8.42. The van der Waals surface area contributed by atoms with E-state index < -0.39 is 0 Å². The summed E-state index contributed by atoms with van der Waals surface area (Å²) >= 11 is 1.88. The van der Waals surface area contributed by atoms with E-state index in [1.807, 2.05) is 11.9 Å². The Balaban J connectivity index is 2.34. The maximum absolute atomic E-state index is 2.57. The number of rotatable bonds is 2. The fraction of sp³-hybridized carbons (Fsp3) is 1.00. The van der Waals surface area contributed by atoms with E-state index in [1.165, 1.54) is 32.6 Å². The van der Waals surface area contributed by atoms with E-state index >= 15 is 0 Å². The lowest BCUT2D eigenvalue weighted by atomic mass is 10.3. The van der Waals surface area contributed by atoms with Crippen LogP contribution in [0.3, 0.4) is 0 Å². The quantitative estimate of drug-likeness (QED) is 0.609. The molecule has 0 spiro atoms. The predicted octanol–water partition coefficient (Wildman–Crippen LogP) is 1.68. The van der Waals surface area contributed by atoms with Gasteiger partial charge in [0.2, 0.25) is 0 Å². The molecule has 3 heteroatoms. The molecule has 0 aromatic carbocycles. The van der Waals surface area contributed by atoms with Gasteiger partial charge in [0.05, 0.1) is 0 Å². The van der Waals surface area contributed by atoms with Crippen molar-refractivity contribution in [2.24, 2.45) is 0 Å². The Morgan fingerprint density at radius 1 is 1.08 bits per heavy atom. The van der Waals surface area contributed by atoms with Crippen LogP contribution in [-0.4, -0.2) is 47.7 Å². The molecule has 0 saturated carbocycles. The van der Waals surface area contributed by atoms with Gasteiger partial charge in [-0.25, -0.2) is 4.31 Å². The Morgan fingerprint density at radius 3 is 2.42 bits per heavy atom. The maximum Gasteiger partial charge on any atom is 0.0217 e. The van der Waals surface area contributed by atoms with Crippen molar-refractivity contribution in [1.82, 2.24) is 9.21 Å². The van der Waals surface area contributed by atoms with Gasteiger partial charge in [0.15, 0.2) is 0 Å². The third-order valence-corrected chi connectivity index (χ3v) is 3.36. The molecule has 1 heterocycles. The van der Waals surface area contributed by atoms with Crippen LogP contribution in [0.4, 0.5) is 0 Å². The highest BCUT2D eigenvalue weighted by molar-refractivity contribution is 7.96. The van der Waals surface area contributed by atoms with E-state index in [4.69, 9.17) is 0 Å². The van der Waals surface area contributed by atoms with Gasteiger partial charge in [-0.2, -0.15) is 0 Å². The Hall–Kier alpha value is 0.270. The normalized spacial score (nSPS) is 23.0. The minimum atomic E-state index is 0.715. The van der Waals surface area contributed by atoms with Crippen molar-refractivity contribution in [2.75, 3.05) is 32.4 Å². The molecule has 72 valence electrons. The summed E-state index contributed by atoms with van der Waals surface area (Å²) in [6, 6.07) is 0.715. The summed E-state index contributed by atoms with van der Waals surface area (Å²) in [5, 5.41) is 0. The van der Waals surface area contributed by atoms with Crippen molar-refractivity contribution in [3.63, 3.8) is 0 Å². The van der Waals surface area contributed by atoms with Gasteiger partial charge in [0, 0.05) is 25.7 Å². The number of hydrogen-bond donors (Lipinski definition) is 0. The predicted molar refractivity (Wildman–Crippen MR) is 56.4 cm³/mol. The molecule has 0 aromatic heterocycles. The van der Waals surface area contributed by atoms with Gasteiger partial charge in [0.25, 0.3) is 0 Å². The second kappa shape index (κ2) is 5.10. The Kier molecular flexibility index (Phi) is 4.40. The third kappa shape index (κ3) is 2.96. The molecule has 1 rings (SSSR count). The highest BCUT2D eigenvalue weighted by Crippen LogP contribution is 2.11. The first-order valence-corrected chi connectivity index (χ1v) is 5.95. The van der Waals surface area contributed by atoms with E-state index in [-0.39, 0.29) is 0 Å². The second-order valence-electron chi connectivity index (χ2n) is 3.59. The second-order valence-corrected chi connectivity index (χ2v) is 4.48. The zero-order valence-corrected chi connectivity index (χ0v) is 9.23. The lowest BCUT2D eigenvalue weighted by Crippen LogP contribution is -2.33. The number of hydrogen-bond acceptors (Lipinski definition) is 3. The minimum absolute atomic E-state index is 0.715. The van der Waals surface area contributed by atoms with Crippen molar-refractivity contribution < 1.29 is 0 Å².